The summed E-state index contributed by atoms with van der Waals surface area (Å²) in [5.74, 6) is 1.66. The number of ether oxygens (including phenoxy) is 2. The van der Waals surface area contributed by atoms with Gasteiger partial charge in [-0.15, -0.1) is 0 Å². The van der Waals surface area contributed by atoms with Crippen LogP contribution in [0.2, 0.25) is 0 Å². The predicted octanol–water partition coefficient (Wildman–Crippen LogP) is 6.27. The molecule has 0 saturated heterocycles. The second-order valence-electron chi connectivity index (χ2n) is 6.79. The van der Waals surface area contributed by atoms with Crippen LogP contribution in [0.4, 0.5) is 0 Å². The molecule has 0 aromatic heterocycles. The first-order valence-corrected chi connectivity index (χ1v) is 8.87. The Balaban J connectivity index is 2.37. The van der Waals surface area contributed by atoms with Crippen LogP contribution in [-0.2, 0) is 0 Å². The molecule has 26 heavy (non-hydrogen) atoms. The lowest BCUT2D eigenvalue weighted by Crippen LogP contribution is -1.98. The molecule has 0 aliphatic heterocycles. The van der Waals surface area contributed by atoms with Gasteiger partial charge in [0.2, 0.25) is 0 Å². The van der Waals surface area contributed by atoms with Gasteiger partial charge in [0.25, 0.3) is 0 Å². The minimum atomic E-state index is 0.828. The molecule has 0 saturated carbocycles. The van der Waals surface area contributed by atoms with Crippen LogP contribution in [0, 0.1) is 27.7 Å². The SMILES string of the molecule is COc1cc(OC)c(-c2c(C)cccc2C)cc1-c1c(C)cccc1C. The summed E-state index contributed by atoms with van der Waals surface area (Å²) in [6.07, 6.45) is 0. The number of hydrogen-bond acceptors (Lipinski definition) is 2. The smallest absolute Gasteiger partial charge is 0.130 e. The second-order valence-corrected chi connectivity index (χ2v) is 6.79. The second kappa shape index (κ2) is 7.25. The van der Waals surface area contributed by atoms with Crippen molar-refractivity contribution in [2.24, 2.45) is 0 Å². The van der Waals surface area contributed by atoms with E-state index < -0.39 is 0 Å². The fraction of sp³-hybridized carbons (Fsp3) is 0.250. The van der Waals surface area contributed by atoms with Crippen molar-refractivity contribution in [2.45, 2.75) is 27.7 Å². The highest BCUT2D eigenvalue weighted by Gasteiger charge is 2.18. The molecule has 0 fully saturated rings. The van der Waals surface area contributed by atoms with Gasteiger partial charge in [-0.1, -0.05) is 36.4 Å². The number of aryl methyl sites for hydroxylation is 4. The minimum absolute atomic E-state index is 0.828. The van der Waals surface area contributed by atoms with Gasteiger partial charge in [0, 0.05) is 17.2 Å². The van der Waals surface area contributed by atoms with Crippen molar-refractivity contribution in [3.05, 3.63) is 70.8 Å². The summed E-state index contributed by atoms with van der Waals surface area (Å²) in [6, 6.07) is 17.0. The number of benzene rings is 3. The number of rotatable bonds is 4. The topological polar surface area (TPSA) is 18.5 Å². The Bertz CT molecular complexity index is 839. The molecule has 3 rings (SSSR count). The van der Waals surface area contributed by atoms with Crippen molar-refractivity contribution in [1.82, 2.24) is 0 Å². The minimum Gasteiger partial charge on any atom is -0.496 e. The average molecular weight is 346 g/mol. The molecule has 0 spiro atoms. The summed E-state index contributed by atoms with van der Waals surface area (Å²) in [6.45, 7) is 8.57. The molecule has 0 N–H and O–H groups in total. The van der Waals surface area contributed by atoms with Crippen LogP contribution in [0.1, 0.15) is 22.3 Å². The summed E-state index contributed by atoms with van der Waals surface area (Å²) in [7, 11) is 3.43. The van der Waals surface area contributed by atoms with E-state index in [0.29, 0.717) is 0 Å². The molecule has 0 bridgehead atoms. The van der Waals surface area contributed by atoms with Gasteiger partial charge < -0.3 is 9.47 Å². The van der Waals surface area contributed by atoms with Gasteiger partial charge >= 0.3 is 0 Å². The monoisotopic (exact) mass is 346 g/mol. The first-order chi connectivity index (χ1) is 12.5. The largest absolute Gasteiger partial charge is 0.496 e. The highest BCUT2D eigenvalue weighted by molar-refractivity contribution is 5.86. The Hall–Kier alpha value is -2.74. The van der Waals surface area contributed by atoms with Crippen LogP contribution in [0.5, 0.6) is 11.5 Å². The van der Waals surface area contributed by atoms with Crippen molar-refractivity contribution in [3.8, 4) is 33.8 Å². The summed E-state index contributed by atoms with van der Waals surface area (Å²) in [4.78, 5) is 0. The van der Waals surface area contributed by atoms with E-state index in [1.165, 1.54) is 33.4 Å². The molecule has 0 radical (unpaired) electrons. The zero-order valence-electron chi connectivity index (χ0n) is 16.4. The normalized spacial score (nSPS) is 10.7. The average Bonchev–Trinajstić information content (AvgIpc) is 2.61. The molecule has 0 amide bonds. The van der Waals surface area contributed by atoms with Crippen molar-refractivity contribution in [2.75, 3.05) is 14.2 Å². The Labute approximate surface area is 156 Å². The fourth-order valence-corrected chi connectivity index (χ4v) is 3.77. The molecule has 2 nitrogen and oxygen atoms in total. The van der Waals surface area contributed by atoms with Gasteiger partial charge in [-0.25, -0.2) is 0 Å². The third-order valence-electron chi connectivity index (χ3n) is 5.02. The molecule has 134 valence electrons. The van der Waals surface area contributed by atoms with E-state index in [1.54, 1.807) is 14.2 Å². The van der Waals surface area contributed by atoms with Gasteiger partial charge in [0.15, 0.2) is 0 Å². The summed E-state index contributed by atoms with van der Waals surface area (Å²) in [5.41, 5.74) is 9.59. The lowest BCUT2D eigenvalue weighted by molar-refractivity contribution is 0.396. The van der Waals surface area contributed by atoms with Crippen LogP contribution in [0.3, 0.4) is 0 Å². The van der Waals surface area contributed by atoms with Gasteiger partial charge in [-0.2, -0.15) is 0 Å². The van der Waals surface area contributed by atoms with Crippen LogP contribution in [0.15, 0.2) is 48.5 Å². The van der Waals surface area contributed by atoms with Crippen LogP contribution in [-0.4, -0.2) is 14.2 Å². The molecule has 0 atom stereocenters. The van der Waals surface area contributed by atoms with Gasteiger partial charge in [-0.05, 0) is 67.1 Å². The Morgan fingerprint density at radius 3 is 1.19 bits per heavy atom. The van der Waals surface area contributed by atoms with E-state index in [4.69, 9.17) is 9.47 Å². The quantitative estimate of drug-likeness (QED) is 0.554. The van der Waals surface area contributed by atoms with Crippen LogP contribution < -0.4 is 9.47 Å². The molecule has 0 heterocycles. The molecule has 0 aliphatic carbocycles. The fourth-order valence-electron chi connectivity index (χ4n) is 3.77. The van der Waals surface area contributed by atoms with E-state index in [9.17, 15) is 0 Å². The first-order valence-electron chi connectivity index (χ1n) is 8.87. The third-order valence-corrected chi connectivity index (χ3v) is 5.02. The van der Waals surface area contributed by atoms with Gasteiger partial charge in [0.05, 0.1) is 14.2 Å². The van der Waals surface area contributed by atoms with E-state index >= 15 is 0 Å². The molecular weight excluding hydrogens is 320 g/mol. The molecule has 3 aromatic carbocycles. The maximum Gasteiger partial charge on any atom is 0.130 e. The molecule has 2 heteroatoms. The number of hydrogen-bond donors (Lipinski definition) is 0. The third kappa shape index (κ3) is 3.08. The first kappa shape index (κ1) is 18.1. The van der Waals surface area contributed by atoms with Crippen LogP contribution >= 0.6 is 0 Å². The van der Waals surface area contributed by atoms with E-state index in [-0.39, 0.29) is 0 Å². The van der Waals surface area contributed by atoms with E-state index in [2.05, 4.69) is 70.2 Å². The summed E-state index contributed by atoms with van der Waals surface area (Å²) < 4.78 is 11.4. The predicted molar refractivity (Wildman–Crippen MR) is 109 cm³/mol. The van der Waals surface area contributed by atoms with E-state index in [0.717, 1.165) is 22.6 Å². The Morgan fingerprint density at radius 2 is 0.885 bits per heavy atom. The van der Waals surface area contributed by atoms with Crippen molar-refractivity contribution < 1.29 is 9.47 Å². The standard InChI is InChI=1S/C24H26O2/c1-15-9-7-10-16(2)23(15)19-13-20(22(26-6)14-21(19)25-5)24-17(3)11-8-12-18(24)4/h7-14H,1-6H3. The zero-order chi connectivity index (χ0) is 18.8. The molecule has 3 aromatic rings. The lowest BCUT2D eigenvalue weighted by atomic mass is 9.89. The zero-order valence-corrected chi connectivity index (χ0v) is 16.4. The summed E-state index contributed by atoms with van der Waals surface area (Å²) >= 11 is 0. The van der Waals surface area contributed by atoms with Crippen molar-refractivity contribution in [1.29, 1.82) is 0 Å². The van der Waals surface area contributed by atoms with Crippen LogP contribution in [0.25, 0.3) is 22.3 Å². The summed E-state index contributed by atoms with van der Waals surface area (Å²) in [5, 5.41) is 0. The van der Waals surface area contributed by atoms with Gasteiger partial charge in [-0.3, -0.25) is 0 Å². The highest BCUT2D eigenvalue weighted by atomic mass is 16.5. The van der Waals surface area contributed by atoms with Crippen molar-refractivity contribution in [3.63, 3.8) is 0 Å². The molecule has 0 aliphatic rings. The maximum absolute atomic E-state index is 5.72. The lowest BCUT2D eigenvalue weighted by Gasteiger charge is -2.20. The number of methoxy groups -OCH3 is 2. The highest BCUT2D eigenvalue weighted by Crippen LogP contribution is 2.44. The maximum atomic E-state index is 5.72. The molecule has 0 unspecified atom stereocenters. The Kier molecular flexibility index (Phi) is 5.03. The van der Waals surface area contributed by atoms with Crippen molar-refractivity contribution >= 4 is 0 Å². The van der Waals surface area contributed by atoms with E-state index in [1.807, 2.05) is 6.07 Å². The Morgan fingerprint density at radius 1 is 0.538 bits per heavy atom. The van der Waals surface area contributed by atoms with Gasteiger partial charge in [0.1, 0.15) is 11.5 Å². The molecular formula is C24H26O2.